The molecule has 3 amide bonds. The average Bonchev–Trinajstić information content (AvgIpc) is 3.27. The zero-order chi connectivity index (χ0) is 26.4. The van der Waals surface area contributed by atoms with Crippen molar-refractivity contribution < 1.29 is 14.4 Å². The first-order valence-electron chi connectivity index (χ1n) is 13.8. The summed E-state index contributed by atoms with van der Waals surface area (Å²) in [6.07, 6.45) is 6.20. The highest BCUT2D eigenvalue weighted by molar-refractivity contribution is 7.18. The maximum Gasteiger partial charge on any atom is 0.243 e. The summed E-state index contributed by atoms with van der Waals surface area (Å²) in [5, 5.41) is 13.2. The lowest BCUT2D eigenvalue weighted by atomic mass is 9.83. The van der Waals surface area contributed by atoms with E-state index in [9.17, 15) is 14.4 Å². The third-order valence-electron chi connectivity index (χ3n) is 7.67. The maximum absolute atomic E-state index is 13.6. The lowest BCUT2D eigenvalue weighted by Gasteiger charge is -2.33. The second kappa shape index (κ2) is 12.8. The van der Waals surface area contributed by atoms with Crippen molar-refractivity contribution in [2.75, 3.05) is 19.6 Å². The molecule has 8 nitrogen and oxygen atoms in total. The molecule has 1 aliphatic heterocycles. The van der Waals surface area contributed by atoms with E-state index in [1.54, 1.807) is 18.3 Å². The Bertz CT molecular complexity index is 1090. The molecule has 4 rings (SSSR count). The number of nitrogens with one attached hydrogen (secondary N) is 4. The van der Waals surface area contributed by atoms with Gasteiger partial charge in [0.2, 0.25) is 17.7 Å². The fourth-order valence-corrected chi connectivity index (χ4v) is 6.16. The van der Waals surface area contributed by atoms with Crippen LogP contribution in [0.5, 0.6) is 0 Å². The van der Waals surface area contributed by atoms with Gasteiger partial charge in [0.1, 0.15) is 6.04 Å². The minimum absolute atomic E-state index is 0.00884. The normalized spacial score (nSPS) is 18.3. The van der Waals surface area contributed by atoms with E-state index in [2.05, 4.69) is 47.2 Å². The van der Waals surface area contributed by atoms with Crippen molar-refractivity contribution in [2.24, 2.45) is 11.8 Å². The number of fused-ring (bicyclic) bond motifs is 1. The van der Waals surface area contributed by atoms with Gasteiger partial charge in [-0.3, -0.25) is 14.4 Å². The summed E-state index contributed by atoms with van der Waals surface area (Å²) in [6, 6.07) is 5.43. The quantitative estimate of drug-likeness (QED) is 0.358. The molecule has 2 aliphatic rings. The van der Waals surface area contributed by atoms with Crippen LogP contribution in [-0.4, -0.2) is 54.4 Å². The number of hydrogen-bond acceptors (Lipinski definition) is 6. The van der Waals surface area contributed by atoms with Gasteiger partial charge in [0.05, 0.1) is 21.1 Å². The van der Waals surface area contributed by atoms with Crippen molar-refractivity contribution in [3.05, 3.63) is 28.8 Å². The topological polar surface area (TPSA) is 112 Å². The van der Waals surface area contributed by atoms with E-state index >= 15 is 0 Å². The molecule has 0 spiro atoms. The molecule has 1 saturated heterocycles. The molecule has 1 aliphatic carbocycles. The number of benzene rings is 1. The summed E-state index contributed by atoms with van der Waals surface area (Å²) in [4.78, 5) is 43.2. The van der Waals surface area contributed by atoms with E-state index in [1.807, 2.05) is 6.07 Å². The van der Waals surface area contributed by atoms with Crippen LogP contribution in [0.2, 0.25) is 0 Å². The Morgan fingerprint density at radius 3 is 2.51 bits per heavy atom. The van der Waals surface area contributed by atoms with Crippen molar-refractivity contribution in [1.82, 2.24) is 26.3 Å². The van der Waals surface area contributed by atoms with Crippen LogP contribution < -0.4 is 21.3 Å². The fraction of sp³-hybridized carbons (Fsp3) is 0.643. The molecule has 1 aromatic carbocycles. The lowest BCUT2D eigenvalue weighted by molar-refractivity contribution is -0.130. The Morgan fingerprint density at radius 1 is 1.11 bits per heavy atom. The molecule has 2 fully saturated rings. The van der Waals surface area contributed by atoms with E-state index in [0.29, 0.717) is 44.3 Å². The molecular formula is C28H41N5O3S. The van der Waals surface area contributed by atoms with Crippen LogP contribution in [0, 0.1) is 11.8 Å². The Hall–Kier alpha value is -2.52. The minimum atomic E-state index is -0.713. The summed E-state index contributed by atoms with van der Waals surface area (Å²) < 4.78 is 1.09. The van der Waals surface area contributed by atoms with Crippen LogP contribution >= 0.6 is 11.3 Å². The Labute approximate surface area is 223 Å². The summed E-state index contributed by atoms with van der Waals surface area (Å²) in [6.45, 7) is 7.94. The monoisotopic (exact) mass is 527 g/mol. The number of aromatic nitrogens is 1. The van der Waals surface area contributed by atoms with Crippen molar-refractivity contribution in [3.63, 3.8) is 0 Å². The predicted molar refractivity (Wildman–Crippen MR) is 148 cm³/mol. The van der Waals surface area contributed by atoms with Crippen LogP contribution in [0.1, 0.15) is 75.8 Å². The van der Waals surface area contributed by atoms with Gasteiger partial charge in [0, 0.05) is 38.5 Å². The number of thiazole rings is 1. The molecular weight excluding hydrogens is 486 g/mol. The molecule has 37 heavy (non-hydrogen) atoms. The van der Waals surface area contributed by atoms with E-state index in [-0.39, 0.29) is 29.7 Å². The molecule has 2 unspecified atom stereocenters. The highest BCUT2D eigenvalue weighted by atomic mass is 32.1. The third kappa shape index (κ3) is 7.29. The molecule has 2 heterocycles. The van der Waals surface area contributed by atoms with Crippen molar-refractivity contribution >= 4 is 39.3 Å². The van der Waals surface area contributed by atoms with Gasteiger partial charge in [-0.1, -0.05) is 46.1 Å². The van der Waals surface area contributed by atoms with Gasteiger partial charge in [0.15, 0.2) is 0 Å². The molecule has 0 bridgehead atoms. The van der Waals surface area contributed by atoms with Gasteiger partial charge in [0.25, 0.3) is 0 Å². The van der Waals surface area contributed by atoms with Crippen LogP contribution in [0.4, 0.5) is 0 Å². The SMILES string of the molecule is CCC(=O)NC(Cc1nc2ccc(C(C)C)cc2s1)C(=O)NC(CNC(=O)C1CNC1)C1CCCCC1. The number of carbonyl (C=O) groups is 3. The predicted octanol–water partition coefficient (Wildman–Crippen LogP) is 3.26. The fourth-order valence-electron chi connectivity index (χ4n) is 5.10. The number of amides is 3. The molecule has 202 valence electrons. The second-order valence-corrected chi connectivity index (χ2v) is 11.9. The molecule has 9 heteroatoms. The van der Waals surface area contributed by atoms with E-state index in [0.717, 1.165) is 40.9 Å². The average molecular weight is 528 g/mol. The van der Waals surface area contributed by atoms with Crippen molar-refractivity contribution in [1.29, 1.82) is 0 Å². The summed E-state index contributed by atoms with van der Waals surface area (Å²) >= 11 is 1.58. The van der Waals surface area contributed by atoms with E-state index in [4.69, 9.17) is 4.98 Å². The summed E-state index contributed by atoms with van der Waals surface area (Å²) in [7, 11) is 0. The van der Waals surface area contributed by atoms with E-state index < -0.39 is 6.04 Å². The van der Waals surface area contributed by atoms with Crippen LogP contribution in [0.25, 0.3) is 10.2 Å². The first-order chi connectivity index (χ1) is 17.8. The summed E-state index contributed by atoms with van der Waals surface area (Å²) in [5.41, 5.74) is 2.17. The van der Waals surface area contributed by atoms with Gasteiger partial charge in [-0.25, -0.2) is 4.98 Å². The highest BCUT2D eigenvalue weighted by Gasteiger charge is 2.31. The number of rotatable bonds is 11. The molecule has 1 saturated carbocycles. The number of nitrogens with zero attached hydrogens (tertiary/aromatic N) is 1. The van der Waals surface area contributed by atoms with Gasteiger partial charge >= 0.3 is 0 Å². The number of carbonyl (C=O) groups excluding carboxylic acids is 3. The standard InChI is InChI=1S/C28H41N5O3S/c1-4-25(34)31-22(13-26-32-21-11-10-19(17(2)3)12-24(21)37-26)28(36)33-23(18-8-6-5-7-9-18)16-30-27(35)20-14-29-15-20/h10-12,17-18,20,22-23,29H,4-9,13-16H2,1-3H3,(H,30,35)(H,31,34)(H,33,36). The van der Waals surface area contributed by atoms with Crippen molar-refractivity contribution in [2.45, 2.75) is 83.7 Å². The maximum atomic E-state index is 13.6. The Balaban J connectivity index is 1.48. The molecule has 2 aromatic rings. The highest BCUT2D eigenvalue weighted by Crippen LogP contribution is 2.28. The minimum Gasteiger partial charge on any atom is -0.354 e. The van der Waals surface area contributed by atoms with Crippen molar-refractivity contribution in [3.8, 4) is 0 Å². The smallest absolute Gasteiger partial charge is 0.243 e. The van der Waals surface area contributed by atoms with Crippen LogP contribution in [0.15, 0.2) is 18.2 Å². The Morgan fingerprint density at radius 2 is 1.86 bits per heavy atom. The van der Waals surface area contributed by atoms with Crippen LogP contribution in [-0.2, 0) is 20.8 Å². The molecule has 4 N–H and O–H groups in total. The summed E-state index contributed by atoms with van der Waals surface area (Å²) in [5.74, 6) is 0.420. The van der Waals surface area contributed by atoms with E-state index in [1.165, 1.54) is 12.0 Å². The molecule has 2 atom stereocenters. The van der Waals surface area contributed by atoms with Crippen LogP contribution in [0.3, 0.4) is 0 Å². The van der Waals surface area contributed by atoms with Gasteiger partial charge in [-0.15, -0.1) is 11.3 Å². The molecule has 1 aromatic heterocycles. The lowest BCUT2D eigenvalue weighted by Crippen LogP contribution is -2.57. The van der Waals surface area contributed by atoms with Gasteiger partial charge < -0.3 is 21.3 Å². The third-order valence-corrected chi connectivity index (χ3v) is 8.71. The number of hydrogen-bond donors (Lipinski definition) is 4. The zero-order valence-corrected chi connectivity index (χ0v) is 23.1. The zero-order valence-electron chi connectivity index (χ0n) is 22.3. The largest absolute Gasteiger partial charge is 0.354 e. The second-order valence-electron chi connectivity index (χ2n) is 10.8. The Kier molecular flexibility index (Phi) is 9.54. The van der Waals surface area contributed by atoms with Gasteiger partial charge in [-0.05, 0) is 42.4 Å². The molecule has 0 radical (unpaired) electrons. The first kappa shape index (κ1) is 27.5. The van der Waals surface area contributed by atoms with Gasteiger partial charge in [-0.2, -0.15) is 0 Å². The first-order valence-corrected chi connectivity index (χ1v) is 14.6.